The Morgan fingerprint density at radius 1 is 1.38 bits per heavy atom. The van der Waals surface area contributed by atoms with E-state index in [4.69, 9.17) is 9.26 Å². The van der Waals surface area contributed by atoms with Gasteiger partial charge in [0.1, 0.15) is 29.3 Å². The zero-order chi connectivity index (χ0) is 16.9. The van der Waals surface area contributed by atoms with Crippen LogP contribution >= 0.6 is 0 Å². The molecule has 1 aromatic carbocycles. The first-order chi connectivity index (χ1) is 11.7. The number of aryl methyl sites for hydroxylation is 1. The Labute approximate surface area is 138 Å². The van der Waals surface area contributed by atoms with E-state index in [1.54, 1.807) is 23.9 Å². The van der Waals surface area contributed by atoms with Crippen molar-refractivity contribution < 1.29 is 14.1 Å². The molecule has 2 aromatic heterocycles. The molecular formula is C17H16N4O3. The highest BCUT2D eigenvalue weighted by Gasteiger charge is 2.23. The lowest BCUT2D eigenvalue weighted by Gasteiger charge is -2.03. The molecule has 0 radical (unpaired) electrons. The van der Waals surface area contributed by atoms with Crippen LogP contribution in [-0.4, -0.2) is 26.1 Å². The fourth-order valence-corrected chi connectivity index (χ4v) is 2.24. The summed E-state index contributed by atoms with van der Waals surface area (Å²) < 4.78 is 12.1. The summed E-state index contributed by atoms with van der Waals surface area (Å²) in [6, 6.07) is 9.34. The second-order valence-electron chi connectivity index (χ2n) is 5.13. The molecule has 24 heavy (non-hydrogen) atoms. The van der Waals surface area contributed by atoms with Crippen molar-refractivity contribution in [1.29, 1.82) is 0 Å². The number of carbonyl (C=O) groups excluding carboxylic acids is 1. The minimum Gasteiger partial charge on any atom is -0.455 e. The van der Waals surface area contributed by atoms with Crippen molar-refractivity contribution >= 4 is 5.97 Å². The predicted octanol–water partition coefficient (Wildman–Crippen LogP) is 2.78. The summed E-state index contributed by atoms with van der Waals surface area (Å²) in [5.41, 5.74) is 2.13. The number of esters is 1. The smallest absolute Gasteiger partial charge is 0.344 e. The molecule has 0 bridgehead atoms. The summed E-state index contributed by atoms with van der Waals surface area (Å²) in [5, 5.41) is 11.8. The standard InChI is InChI=1S/C17H16N4O3/c1-3-9-21-10-14(18-20-21)11-23-17(22)15-12(2)24-19-16(15)13-7-5-4-6-8-13/h3-8,10H,1,9,11H2,2H3. The lowest BCUT2D eigenvalue weighted by molar-refractivity contribution is 0.0466. The lowest BCUT2D eigenvalue weighted by Crippen LogP contribution is -2.07. The molecule has 3 aromatic rings. The molecule has 0 unspecified atom stereocenters. The Balaban J connectivity index is 1.75. The maximum atomic E-state index is 12.4. The number of allylic oxidation sites excluding steroid dienone is 1. The van der Waals surface area contributed by atoms with Crippen molar-refractivity contribution in [3.05, 3.63) is 66.2 Å². The van der Waals surface area contributed by atoms with Crippen molar-refractivity contribution in [1.82, 2.24) is 20.2 Å². The van der Waals surface area contributed by atoms with Gasteiger partial charge in [-0.3, -0.25) is 0 Å². The Kier molecular flexibility index (Phi) is 4.51. The summed E-state index contributed by atoms with van der Waals surface area (Å²) in [5.74, 6) is -0.0972. The number of ether oxygens (including phenoxy) is 1. The molecule has 7 heteroatoms. The van der Waals surface area contributed by atoms with Crippen LogP contribution in [0.5, 0.6) is 0 Å². The van der Waals surface area contributed by atoms with E-state index < -0.39 is 5.97 Å². The third-order valence-corrected chi connectivity index (χ3v) is 3.37. The van der Waals surface area contributed by atoms with Gasteiger partial charge in [-0.05, 0) is 6.92 Å². The molecule has 0 saturated heterocycles. The third-order valence-electron chi connectivity index (χ3n) is 3.37. The van der Waals surface area contributed by atoms with Gasteiger partial charge in [0.05, 0.1) is 12.7 Å². The first-order valence-electron chi connectivity index (χ1n) is 7.37. The van der Waals surface area contributed by atoms with E-state index in [0.717, 1.165) is 5.56 Å². The lowest BCUT2D eigenvalue weighted by atomic mass is 10.1. The number of benzene rings is 1. The monoisotopic (exact) mass is 324 g/mol. The number of hydrogen-bond donors (Lipinski definition) is 0. The van der Waals surface area contributed by atoms with Crippen LogP contribution in [0.2, 0.25) is 0 Å². The SMILES string of the molecule is C=CCn1cc(COC(=O)c2c(-c3ccccc3)noc2C)nn1. The number of hydrogen-bond acceptors (Lipinski definition) is 6. The van der Waals surface area contributed by atoms with Crippen molar-refractivity contribution in [3.8, 4) is 11.3 Å². The van der Waals surface area contributed by atoms with E-state index in [1.807, 2.05) is 30.3 Å². The highest BCUT2D eigenvalue weighted by atomic mass is 16.5. The van der Waals surface area contributed by atoms with E-state index in [-0.39, 0.29) is 6.61 Å². The molecule has 122 valence electrons. The van der Waals surface area contributed by atoms with E-state index in [2.05, 4.69) is 22.0 Å². The van der Waals surface area contributed by atoms with E-state index in [1.165, 1.54) is 0 Å². The fraction of sp³-hybridized carbons (Fsp3) is 0.176. The zero-order valence-electron chi connectivity index (χ0n) is 13.2. The van der Waals surface area contributed by atoms with Crippen LogP contribution in [0.1, 0.15) is 21.8 Å². The van der Waals surface area contributed by atoms with Gasteiger partial charge in [-0.1, -0.05) is 46.8 Å². The van der Waals surface area contributed by atoms with Crippen LogP contribution in [-0.2, 0) is 17.9 Å². The first kappa shape index (κ1) is 15.7. The van der Waals surface area contributed by atoms with Gasteiger partial charge in [-0.25, -0.2) is 9.48 Å². The molecule has 0 saturated carbocycles. The minimum absolute atomic E-state index is 0.0226. The molecule has 0 aliphatic rings. The highest BCUT2D eigenvalue weighted by Crippen LogP contribution is 2.25. The normalized spacial score (nSPS) is 10.5. The van der Waals surface area contributed by atoms with Gasteiger partial charge in [-0.15, -0.1) is 11.7 Å². The molecule has 0 fully saturated rings. The van der Waals surface area contributed by atoms with Crippen LogP contribution in [0, 0.1) is 6.92 Å². The zero-order valence-corrected chi connectivity index (χ0v) is 13.2. The van der Waals surface area contributed by atoms with Crippen LogP contribution in [0.3, 0.4) is 0 Å². The highest BCUT2D eigenvalue weighted by molar-refractivity contribution is 5.97. The van der Waals surface area contributed by atoms with E-state index in [0.29, 0.717) is 29.3 Å². The van der Waals surface area contributed by atoms with Crippen LogP contribution in [0.25, 0.3) is 11.3 Å². The average Bonchev–Trinajstić information content (AvgIpc) is 3.20. The van der Waals surface area contributed by atoms with Crippen LogP contribution < -0.4 is 0 Å². The summed E-state index contributed by atoms with van der Waals surface area (Å²) >= 11 is 0. The summed E-state index contributed by atoms with van der Waals surface area (Å²) in [7, 11) is 0. The van der Waals surface area contributed by atoms with Crippen molar-refractivity contribution in [2.45, 2.75) is 20.1 Å². The number of rotatable bonds is 6. The van der Waals surface area contributed by atoms with E-state index in [9.17, 15) is 4.79 Å². The Bertz CT molecular complexity index is 852. The van der Waals surface area contributed by atoms with Gasteiger partial charge in [-0.2, -0.15) is 0 Å². The van der Waals surface area contributed by atoms with Crippen molar-refractivity contribution in [3.63, 3.8) is 0 Å². The molecule has 3 rings (SSSR count). The second kappa shape index (κ2) is 6.91. The van der Waals surface area contributed by atoms with Gasteiger partial charge in [0, 0.05) is 5.56 Å². The van der Waals surface area contributed by atoms with Gasteiger partial charge >= 0.3 is 5.97 Å². The maximum Gasteiger partial charge on any atom is 0.344 e. The topological polar surface area (TPSA) is 83.0 Å². The van der Waals surface area contributed by atoms with Crippen molar-refractivity contribution in [2.24, 2.45) is 0 Å². The molecule has 0 aliphatic carbocycles. The number of nitrogens with zero attached hydrogens (tertiary/aromatic N) is 4. The largest absolute Gasteiger partial charge is 0.455 e. The Morgan fingerprint density at radius 2 is 2.17 bits per heavy atom. The second-order valence-corrected chi connectivity index (χ2v) is 5.13. The summed E-state index contributed by atoms with van der Waals surface area (Å²) in [4.78, 5) is 12.4. The van der Waals surface area contributed by atoms with Gasteiger partial charge in [0.2, 0.25) is 0 Å². The van der Waals surface area contributed by atoms with Gasteiger partial charge < -0.3 is 9.26 Å². The molecule has 0 spiro atoms. The van der Waals surface area contributed by atoms with Crippen LogP contribution in [0.15, 0.2) is 53.7 Å². The van der Waals surface area contributed by atoms with Crippen molar-refractivity contribution in [2.75, 3.05) is 0 Å². The number of aromatic nitrogens is 4. The molecule has 0 atom stereocenters. The quantitative estimate of drug-likeness (QED) is 0.512. The summed E-state index contributed by atoms with van der Waals surface area (Å²) in [6.07, 6.45) is 3.41. The van der Waals surface area contributed by atoms with Crippen LogP contribution in [0.4, 0.5) is 0 Å². The molecule has 0 amide bonds. The van der Waals surface area contributed by atoms with E-state index >= 15 is 0 Å². The first-order valence-corrected chi connectivity index (χ1v) is 7.37. The van der Waals surface area contributed by atoms with Gasteiger partial charge in [0.15, 0.2) is 0 Å². The molecular weight excluding hydrogens is 308 g/mol. The maximum absolute atomic E-state index is 12.4. The average molecular weight is 324 g/mol. The third kappa shape index (κ3) is 3.24. The van der Waals surface area contributed by atoms with Gasteiger partial charge in [0.25, 0.3) is 0 Å². The minimum atomic E-state index is -0.508. The summed E-state index contributed by atoms with van der Waals surface area (Å²) in [6.45, 7) is 5.88. The molecule has 2 heterocycles. The molecule has 0 aliphatic heterocycles. The predicted molar refractivity (Wildman–Crippen MR) is 86.0 cm³/mol. The molecule has 7 nitrogen and oxygen atoms in total. The molecule has 0 N–H and O–H groups in total. The number of carbonyl (C=O) groups is 1. The Morgan fingerprint density at radius 3 is 2.92 bits per heavy atom. The fourth-order valence-electron chi connectivity index (χ4n) is 2.24. The Hall–Kier alpha value is -3.22.